The molecular formula is C24H23BrClN3O4. The summed E-state index contributed by atoms with van der Waals surface area (Å²) < 4.78 is 12.7. The van der Waals surface area contributed by atoms with Gasteiger partial charge >= 0.3 is 5.97 Å². The van der Waals surface area contributed by atoms with E-state index < -0.39 is 5.97 Å². The largest absolute Gasteiger partial charge is 0.493 e. The molecule has 4 rings (SSSR count). The maximum Gasteiger partial charge on any atom is 0.308 e. The van der Waals surface area contributed by atoms with Crippen molar-refractivity contribution in [1.82, 2.24) is 9.66 Å². The molecule has 0 bridgehead atoms. The number of aromatic nitrogens is 2. The van der Waals surface area contributed by atoms with E-state index in [2.05, 4.69) is 21.0 Å². The molecule has 0 radical (unpaired) electrons. The maximum atomic E-state index is 13.4. The number of hydrogen-bond donors (Lipinski definition) is 0. The Kier molecular flexibility index (Phi) is 7.14. The van der Waals surface area contributed by atoms with Crippen molar-refractivity contribution in [3.63, 3.8) is 0 Å². The van der Waals surface area contributed by atoms with Crippen LogP contribution in [0.4, 0.5) is 0 Å². The Hall–Kier alpha value is -2.71. The van der Waals surface area contributed by atoms with E-state index in [1.54, 1.807) is 18.2 Å². The topological polar surface area (TPSA) is 82.8 Å². The summed E-state index contributed by atoms with van der Waals surface area (Å²) in [7, 11) is 1.45. The van der Waals surface area contributed by atoms with Crippen molar-refractivity contribution in [2.45, 2.75) is 44.9 Å². The van der Waals surface area contributed by atoms with E-state index in [0.29, 0.717) is 28.0 Å². The molecule has 172 valence electrons. The molecule has 0 unspecified atom stereocenters. The van der Waals surface area contributed by atoms with Crippen LogP contribution in [0, 0.1) is 0 Å². The number of rotatable bonds is 5. The van der Waals surface area contributed by atoms with Gasteiger partial charge in [-0.1, -0.05) is 46.8 Å². The second kappa shape index (κ2) is 10.1. The molecule has 0 N–H and O–H groups in total. The Bertz CT molecular complexity index is 1300. The molecule has 1 aliphatic carbocycles. The number of carbonyl (C=O) groups is 1. The number of fused-ring (bicyclic) bond motifs is 1. The zero-order valence-corrected chi connectivity index (χ0v) is 20.6. The number of halogens is 2. The number of benzene rings is 2. The number of carbonyl (C=O) groups excluding carboxylic acids is 1. The third-order valence-corrected chi connectivity index (χ3v) is 6.40. The SMILES string of the molecule is COc1cc(C=Nn2c(C3CCCCC3)nc3ccc(Br)cc3c2=O)cc(Cl)c1OC(C)=O. The zero-order valence-electron chi connectivity index (χ0n) is 18.3. The smallest absolute Gasteiger partial charge is 0.308 e. The summed E-state index contributed by atoms with van der Waals surface area (Å²) >= 11 is 9.74. The molecule has 1 aromatic heterocycles. The number of nitrogens with zero attached hydrogens (tertiary/aromatic N) is 3. The Morgan fingerprint density at radius 1 is 1.24 bits per heavy atom. The van der Waals surface area contributed by atoms with Crippen LogP contribution in [0.3, 0.4) is 0 Å². The molecule has 0 saturated heterocycles. The van der Waals surface area contributed by atoms with Gasteiger partial charge in [0, 0.05) is 17.3 Å². The molecule has 33 heavy (non-hydrogen) atoms. The van der Waals surface area contributed by atoms with E-state index in [4.69, 9.17) is 26.1 Å². The van der Waals surface area contributed by atoms with Crippen LogP contribution >= 0.6 is 27.5 Å². The fourth-order valence-corrected chi connectivity index (χ4v) is 4.70. The van der Waals surface area contributed by atoms with Crippen LogP contribution in [0.15, 0.2) is 44.7 Å². The Morgan fingerprint density at radius 2 is 2.00 bits per heavy atom. The van der Waals surface area contributed by atoms with Gasteiger partial charge in [-0.05, 0) is 48.7 Å². The van der Waals surface area contributed by atoms with Crippen molar-refractivity contribution in [1.29, 1.82) is 0 Å². The highest BCUT2D eigenvalue weighted by Crippen LogP contribution is 2.36. The minimum Gasteiger partial charge on any atom is -0.493 e. The van der Waals surface area contributed by atoms with E-state index in [1.165, 1.54) is 31.3 Å². The van der Waals surface area contributed by atoms with Crippen LogP contribution in [0.5, 0.6) is 11.5 Å². The minimum atomic E-state index is -0.506. The van der Waals surface area contributed by atoms with Gasteiger partial charge in [-0.25, -0.2) is 4.98 Å². The fraction of sp³-hybridized carbons (Fsp3) is 0.333. The van der Waals surface area contributed by atoms with Crippen LogP contribution in [0.25, 0.3) is 10.9 Å². The maximum absolute atomic E-state index is 13.4. The highest BCUT2D eigenvalue weighted by atomic mass is 79.9. The number of hydrogen-bond acceptors (Lipinski definition) is 6. The summed E-state index contributed by atoms with van der Waals surface area (Å²) in [6.45, 7) is 1.29. The van der Waals surface area contributed by atoms with Gasteiger partial charge in [-0.2, -0.15) is 9.78 Å². The predicted octanol–water partition coefficient (Wildman–Crippen LogP) is 5.68. The molecule has 1 fully saturated rings. The lowest BCUT2D eigenvalue weighted by Gasteiger charge is -2.22. The molecule has 0 amide bonds. The first-order chi connectivity index (χ1) is 15.9. The molecule has 1 heterocycles. The lowest BCUT2D eigenvalue weighted by atomic mass is 9.88. The lowest BCUT2D eigenvalue weighted by molar-refractivity contribution is -0.132. The molecular weight excluding hydrogens is 510 g/mol. The van der Waals surface area contributed by atoms with Gasteiger partial charge in [-0.3, -0.25) is 9.59 Å². The van der Waals surface area contributed by atoms with Crippen molar-refractivity contribution in [3.05, 3.63) is 61.6 Å². The van der Waals surface area contributed by atoms with Crippen molar-refractivity contribution in [3.8, 4) is 11.5 Å². The van der Waals surface area contributed by atoms with E-state index >= 15 is 0 Å². The Labute approximate surface area is 204 Å². The molecule has 0 spiro atoms. The Morgan fingerprint density at radius 3 is 2.70 bits per heavy atom. The third-order valence-electron chi connectivity index (χ3n) is 5.62. The first kappa shape index (κ1) is 23.4. The van der Waals surface area contributed by atoms with Crippen molar-refractivity contribution in [2.75, 3.05) is 7.11 Å². The average molecular weight is 533 g/mol. The predicted molar refractivity (Wildman–Crippen MR) is 132 cm³/mol. The molecule has 2 aromatic carbocycles. The molecule has 7 nitrogen and oxygen atoms in total. The van der Waals surface area contributed by atoms with Gasteiger partial charge in [-0.15, -0.1) is 0 Å². The van der Waals surface area contributed by atoms with Crippen LogP contribution in [-0.4, -0.2) is 29.0 Å². The van der Waals surface area contributed by atoms with Crippen LogP contribution in [0.2, 0.25) is 5.02 Å². The first-order valence-corrected chi connectivity index (χ1v) is 11.9. The second-order valence-electron chi connectivity index (χ2n) is 7.96. The minimum absolute atomic E-state index is 0.140. The number of esters is 1. The summed E-state index contributed by atoms with van der Waals surface area (Å²) in [5.41, 5.74) is 1.02. The van der Waals surface area contributed by atoms with Gasteiger partial charge < -0.3 is 9.47 Å². The van der Waals surface area contributed by atoms with Gasteiger partial charge in [0.25, 0.3) is 5.56 Å². The van der Waals surface area contributed by atoms with Crippen molar-refractivity contribution in [2.24, 2.45) is 5.10 Å². The van der Waals surface area contributed by atoms with Crippen LogP contribution < -0.4 is 15.0 Å². The van der Waals surface area contributed by atoms with E-state index in [0.717, 1.165) is 30.2 Å². The van der Waals surface area contributed by atoms with Gasteiger partial charge in [0.05, 0.1) is 29.2 Å². The summed E-state index contributed by atoms with van der Waals surface area (Å²) in [5, 5.41) is 5.21. The van der Waals surface area contributed by atoms with Crippen molar-refractivity contribution >= 4 is 50.6 Å². The highest BCUT2D eigenvalue weighted by molar-refractivity contribution is 9.10. The molecule has 9 heteroatoms. The average Bonchev–Trinajstić information content (AvgIpc) is 2.80. The molecule has 0 aliphatic heterocycles. The first-order valence-electron chi connectivity index (χ1n) is 10.7. The van der Waals surface area contributed by atoms with E-state index in [9.17, 15) is 9.59 Å². The number of methoxy groups -OCH3 is 1. The fourth-order valence-electron chi connectivity index (χ4n) is 4.08. The third kappa shape index (κ3) is 5.12. The van der Waals surface area contributed by atoms with Gasteiger partial charge in [0.1, 0.15) is 5.82 Å². The standard InChI is InChI=1S/C24H23BrClN3O4/c1-14(30)33-22-19(26)10-15(11-21(22)32-2)13-27-29-23(16-6-4-3-5-7-16)28-20-9-8-17(25)12-18(20)24(29)31/h8-13,16H,3-7H2,1-2H3. The van der Waals surface area contributed by atoms with Crippen molar-refractivity contribution < 1.29 is 14.3 Å². The second-order valence-corrected chi connectivity index (χ2v) is 9.28. The number of ether oxygens (including phenoxy) is 2. The summed E-state index contributed by atoms with van der Waals surface area (Å²) in [6.07, 6.45) is 6.88. The van der Waals surface area contributed by atoms with Gasteiger partial charge in [0.15, 0.2) is 11.5 Å². The molecule has 0 atom stereocenters. The van der Waals surface area contributed by atoms with Crippen LogP contribution in [-0.2, 0) is 4.79 Å². The lowest BCUT2D eigenvalue weighted by Crippen LogP contribution is -2.25. The summed E-state index contributed by atoms with van der Waals surface area (Å²) in [6, 6.07) is 8.73. The Balaban J connectivity index is 1.82. The quantitative estimate of drug-likeness (QED) is 0.240. The summed E-state index contributed by atoms with van der Waals surface area (Å²) in [4.78, 5) is 29.6. The molecule has 1 saturated carbocycles. The monoisotopic (exact) mass is 531 g/mol. The van der Waals surface area contributed by atoms with E-state index in [-0.39, 0.29) is 22.2 Å². The summed E-state index contributed by atoms with van der Waals surface area (Å²) in [5.74, 6) is 0.760. The molecule has 1 aliphatic rings. The van der Waals surface area contributed by atoms with Crippen LogP contribution in [0.1, 0.15) is 56.3 Å². The zero-order chi connectivity index (χ0) is 23.5. The van der Waals surface area contributed by atoms with E-state index in [1.807, 2.05) is 12.1 Å². The highest BCUT2D eigenvalue weighted by Gasteiger charge is 2.22. The normalized spacial score (nSPS) is 14.7. The van der Waals surface area contributed by atoms with Gasteiger partial charge in [0.2, 0.25) is 0 Å². The molecule has 3 aromatic rings.